The van der Waals surface area contributed by atoms with Gasteiger partial charge in [0, 0.05) is 31.8 Å². The molecule has 0 saturated carbocycles. The number of benzene rings is 2. The number of Topliss-reactive ketones (excluding diaryl/α,β-unsaturated/α-hetero) is 1. The minimum atomic E-state index is -0.255. The minimum Gasteiger partial charge on any atom is -0.484 e. The molecule has 0 radical (unpaired) electrons. The van der Waals surface area contributed by atoms with E-state index in [0.29, 0.717) is 23.4 Å². The lowest BCUT2D eigenvalue weighted by Gasteiger charge is -2.11. The number of carbonyl (C=O) groups is 3. The molecular formula is C20H22N2O4. The Morgan fingerprint density at radius 2 is 1.50 bits per heavy atom. The molecule has 0 bridgehead atoms. The standard InChI is InChI=1S/C20H22N2O4/c1-14(23)16-8-10-18(11-9-16)26-13-19(24)21-12-15-4-6-17(7-5-15)20(25)22(2)3/h4-11H,12-13H2,1-3H3,(H,21,24). The number of nitrogens with zero attached hydrogens (tertiary/aromatic N) is 1. The smallest absolute Gasteiger partial charge is 0.258 e. The van der Waals surface area contributed by atoms with E-state index in [-0.39, 0.29) is 24.2 Å². The Morgan fingerprint density at radius 3 is 2.04 bits per heavy atom. The lowest BCUT2D eigenvalue weighted by Crippen LogP contribution is -2.28. The Bertz CT molecular complexity index is 780. The second-order valence-electron chi connectivity index (χ2n) is 6.04. The first-order chi connectivity index (χ1) is 12.4. The number of nitrogens with one attached hydrogen (secondary N) is 1. The molecular weight excluding hydrogens is 332 g/mol. The summed E-state index contributed by atoms with van der Waals surface area (Å²) in [7, 11) is 3.40. The molecule has 1 N–H and O–H groups in total. The Labute approximate surface area is 152 Å². The van der Waals surface area contributed by atoms with Crippen molar-refractivity contribution in [3.63, 3.8) is 0 Å². The van der Waals surface area contributed by atoms with Gasteiger partial charge in [0.25, 0.3) is 11.8 Å². The number of hydrogen-bond acceptors (Lipinski definition) is 4. The molecule has 0 heterocycles. The van der Waals surface area contributed by atoms with Crippen molar-refractivity contribution < 1.29 is 19.1 Å². The second-order valence-corrected chi connectivity index (χ2v) is 6.04. The van der Waals surface area contributed by atoms with E-state index in [1.807, 2.05) is 0 Å². The van der Waals surface area contributed by atoms with Gasteiger partial charge in [-0.3, -0.25) is 14.4 Å². The van der Waals surface area contributed by atoms with Gasteiger partial charge in [0.2, 0.25) is 0 Å². The molecule has 0 aliphatic carbocycles. The van der Waals surface area contributed by atoms with Crippen LogP contribution < -0.4 is 10.1 Å². The molecule has 136 valence electrons. The predicted octanol–water partition coefficient (Wildman–Crippen LogP) is 2.29. The van der Waals surface area contributed by atoms with E-state index in [9.17, 15) is 14.4 Å². The predicted molar refractivity (Wildman–Crippen MR) is 98.2 cm³/mol. The Balaban J connectivity index is 1.79. The van der Waals surface area contributed by atoms with E-state index in [1.54, 1.807) is 62.6 Å². The summed E-state index contributed by atoms with van der Waals surface area (Å²) in [5.74, 6) is 0.183. The Morgan fingerprint density at radius 1 is 0.923 bits per heavy atom. The molecule has 0 spiro atoms. The van der Waals surface area contributed by atoms with Crippen molar-refractivity contribution in [2.45, 2.75) is 13.5 Å². The van der Waals surface area contributed by atoms with Crippen LogP contribution in [0, 0.1) is 0 Å². The van der Waals surface area contributed by atoms with Crippen LogP contribution in [0.3, 0.4) is 0 Å². The maximum absolute atomic E-state index is 11.9. The molecule has 2 aromatic carbocycles. The first-order valence-electron chi connectivity index (χ1n) is 8.18. The maximum atomic E-state index is 11.9. The van der Waals surface area contributed by atoms with Crippen molar-refractivity contribution in [2.75, 3.05) is 20.7 Å². The quantitative estimate of drug-likeness (QED) is 0.774. The lowest BCUT2D eigenvalue weighted by atomic mass is 10.1. The Hall–Kier alpha value is -3.15. The Kier molecular flexibility index (Phi) is 6.49. The minimum absolute atomic E-state index is 0.0207. The van der Waals surface area contributed by atoms with Crippen molar-refractivity contribution >= 4 is 17.6 Å². The summed E-state index contributed by atoms with van der Waals surface area (Å²) in [6.45, 7) is 1.73. The number of rotatable bonds is 7. The van der Waals surface area contributed by atoms with Gasteiger partial charge in [-0.1, -0.05) is 12.1 Å². The summed E-state index contributed by atoms with van der Waals surface area (Å²) in [6.07, 6.45) is 0. The molecule has 0 saturated heterocycles. The molecule has 2 rings (SSSR count). The van der Waals surface area contributed by atoms with Crippen molar-refractivity contribution in [1.29, 1.82) is 0 Å². The topological polar surface area (TPSA) is 75.7 Å². The van der Waals surface area contributed by atoms with Crippen LogP contribution >= 0.6 is 0 Å². The fourth-order valence-electron chi connectivity index (χ4n) is 2.21. The fraction of sp³-hybridized carbons (Fsp3) is 0.250. The van der Waals surface area contributed by atoms with E-state index in [1.165, 1.54) is 11.8 Å². The first kappa shape index (κ1) is 19.2. The van der Waals surface area contributed by atoms with E-state index < -0.39 is 0 Å². The van der Waals surface area contributed by atoms with Crippen LogP contribution in [-0.4, -0.2) is 43.2 Å². The average molecular weight is 354 g/mol. The van der Waals surface area contributed by atoms with Gasteiger partial charge in [0.05, 0.1) is 0 Å². The monoisotopic (exact) mass is 354 g/mol. The van der Waals surface area contributed by atoms with E-state index >= 15 is 0 Å². The van der Waals surface area contributed by atoms with Crippen LogP contribution in [0.5, 0.6) is 5.75 Å². The molecule has 26 heavy (non-hydrogen) atoms. The van der Waals surface area contributed by atoms with Crippen molar-refractivity contribution in [3.05, 3.63) is 65.2 Å². The van der Waals surface area contributed by atoms with Gasteiger partial charge in [-0.15, -0.1) is 0 Å². The van der Waals surface area contributed by atoms with Crippen LogP contribution in [-0.2, 0) is 11.3 Å². The summed E-state index contributed by atoms with van der Waals surface area (Å²) in [6, 6.07) is 13.7. The first-order valence-corrected chi connectivity index (χ1v) is 8.18. The third-order valence-corrected chi connectivity index (χ3v) is 3.73. The maximum Gasteiger partial charge on any atom is 0.258 e. The van der Waals surface area contributed by atoms with Crippen molar-refractivity contribution in [3.8, 4) is 5.75 Å². The summed E-state index contributed by atoms with van der Waals surface area (Å²) in [5.41, 5.74) is 2.08. The van der Waals surface area contributed by atoms with Gasteiger partial charge in [-0.25, -0.2) is 0 Å². The van der Waals surface area contributed by atoms with Crippen LogP contribution in [0.2, 0.25) is 0 Å². The zero-order valence-electron chi connectivity index (χ0n) is 15.1. The molecule has 0 unspecified atom stereocenters. The van der Waals surface area contributed by atoms with Gasteiger partial charge < -0.3 is 15.0 Å². The average Bonchev–Trinajstić information content (AvgIpc) is 2.64. The molecule has 2 amide bonds. The lowest BCUT2D eigenvalue weighted by molar-refractivity contribution is -0.123. The van der Waals surface area contributed by atoms with Crippen molar-refractivity contribution in [2.24, 2.45) is 0 Å². The SMILES string of the molecule is CC(=O)c1ccc(OCC(=O)NCc2ccc(C(=O)N(C)C)cc2)cc1. The van der Waals surface area contributed by atoms with Gasteiger partial charge in [0.1, 0.15) is 5.75 Å². The zero-order valence-corrected chi connectivity index (χ0v) is 15.1. The molecule has 0 aromatic heterocycles. The fourth-order valence-corrected chi connectivity index (χ4v) is 2.21. The number of hydrogen-bond donors (Lipinski definition) is 1. The van der Waals surface area contributed by atoms with E-state index in [2.05, 4.69) is 5.32 Å². The largest absolute Gasteiger partial charge is 0.484 e. The molecule has 6 heteroatoms. The normalized spacial score (nSPS) is 10.1. The third-order valence-electron chi connectivity index (χ3n) is 3.73. The van der Waals surface area contributed by atoms with E-state index in [4.69, 9.17) is 4.74 Å². The molecule has 0 aliphatic heterocycles. The summed E-state index contributed by atoms with van der Waals surface area (Å²) >= 11 is 0. The van der Waals surface area contributed by atoms with Crippen LogP contribution in [0.4, 0.5) is 0 Å². The number of ketones is 1. The third kappa shape index (κ3) is 5.44. The highest BCUT2D eigenvalue weighted by Crippen LogP contribution is 2.12. The van der Waals surface area contributed by atoms with Crippen molar-refractivity contribution in [1.82, 2.24) is 10.2 Å². The summed E-state index contributed by atoms with van der Waals surface area (Å²) in [5, 5.41) is 2.76. The molecule has 0 fully saturated rings. The highest BCUT2D eigenvalue weighted by Gasteiger charge is 2.08. The number of carbonyl (C=O) groups excluding carboxylic acids is 3. The molecule has 0 aliphatic rings. The molecule has 2 aromatic rings. The van der Waals surface area contributed by atoms with Crippen LogP contribution in [0.25, 0.3) is 0 Å². The molecule has 0 atom stereocenters. The summed E-state index contributed by atoms with van der Waals surface area (Å²) in [4.78, 5) is 36.4. The van der Waals surface area contributed by atoms with Crippen LogP contribution in [0.1, 0.15) is 33.2 Å². The number of ether oxygens (including phenoxy) is 1. The van der Waals surface area contributed by atoms with Gasteiger partial charge >= 0.3 is 0 Å². The van der Waals surface area contributed by atoms with Crippen LogP contribution in [0.15, 0.2) is 48.5 Å². The van der Waals surface area contributed by atoms with Gasteiger partial charge in [-0.2, -0.15) is 0 Å². The highest BCUT2D eigenvalue weighted by atomic mass is 16.5. The zero-order chi connectivity index (χ0) is 19.1. The van der Waals surface area contributed by atoms with E-state index in [0.717, 1.165) is 5.56 Å². The highest BCUT2D eigenvalue weighted by molar-refractivity contribution is 5.94. The van der Waals surface area contributed by atoms with Gasteiger partial charge in [-0.05, 0) is 48.9 Å². The second kappa shape index (κ2) is 8.80. The summed E-state index contributed by atoms with van der Waals surface area (Å²) < 4.78 is 5.39. The number of amides is 2. The van der Waals surface area contributed by atoms with Gasteiger partial charge in [0.15, 0.2) is 12.4 Å². The molecule has 6 nitrogen and oxygen atoms in total.